The quantitative estimate of drug-likeness (QED) is 0.852. The first-order valence-corrected chi connectivity index (χ1v) is 8.02. The van der Waals surface area contributed by atoms with E-state index in [1.54, 1.807) is 0 Å². The van der Waals surface area contributed by atoms with Gasteiger partial charge in [0.1, 0.15) is 0 Å². The van der Waals surface area contributed by atoms with Crippen LogP contribution in [-0.4, -0.2) is 61.5 Å². The van der Waals surface area contributed by atoms with Crippen LogP contribution in [0.5, 0.6) is 0 Å². The Hall–Kier alpha value is -1.62. The van der Waals surface area contributed by atoms with Crippen molar-refractivity contribution in [3.8, 4) is 0 Å². The molecule has 0 saturated carbocycles. The Morgan fingerprint density at radius 3 is 2.59 bits per heavy atom. The molecule has 1 aliphatic heterocycles. The lowest BCUT2D eigenvalue weighted by Crippen LogP contribution is -2.31. The number of pyridine rings is 1. The fourth-order valence-corrected chi connectivity index (χ4v) is 2.71. The zero-order valence-electron chi connectivity index (χ0n) is 14.5. The van der Waals surface area contributed by atoms with Gasteiger partial charge in [-0.15, -0.1) is 0 Å². The molecule has 1 amide bonds. The number of rotatable bonds is 4. The second-order valence-corrected chi connectivity index (χ2v) is 6.65. The third-order valence-electron chi connectivity index (χ3n) is 4.10. The molecule has 0 aliphatic carbocycles. The van der Waals surface area contributed by atoms with Gasteiger partial charge in [-0.3, -0.25) is 9.78 Å². The Labute approximate surface area is 133 Å². The molecule has 1 aromatic rings. The van der Waals surface area contributed by atoms with Crippen molar-refractivity contribution in [2.45, 2.75) is 32.7 Å². The summed E-state index contributed by atoms with van der Waals surface area (Å²) in [6.07, 6.45) is 0.573. The van der Waals surface area contributed by atoms with E-state index in [0.29, 0.717) is 12.3 Å². The average Bonchev–Trinajstić information content (AvgIpc) is 2.61. The summed E-state index contributed by atoms with van der Waals surface area (Å²) in [5.41, 5.74) is 3.40. The molecule has 5 heteroatoms. The van der Waals surface area contributed by atoms with Crippen molar-refractivity contribution in [3.05, 3.63) is 23.5 Å². The van der Waals surface area contributed by atoms with E-state index in [1.807, 2.05) is 11.9 Å². The minimum atomic E-state index is 0.225. The number of aromatic nitrogens is 1. The number of likely N-dealkylation sites (N-methyl/N-ethyl adjacent to an activating group) is 1. The molecular weight excluding hydrogens is 276 g/mol. The summed E-state index contributed by atoms with van der Waals surface area (Å²) in [5.74, 6) is 0.648. The Balaban J connectivity index is 2.30. The lowest BCUT2D eigenvalue weighted by atomic mass is 10.1. The van der Waals surface area contributed by atoms with E-state index >= 15 is 0 Å². The summed E-state index contributed by atoms with van der Waals surface area (Å²) in [6.45, 7) is 7.56. The number of hydrogen-bond acceptors (Lipinski definition) is 4. The minimum Gasteiger partial charge on any atom is -0.368 e. The zero-order valence-corrected chi connectivity index (χ0v) is 14.5. The van der Waals surface area contributed by atoms with Crippen LogP contribution >= 0.6 is 0 Å². The van der Waals surface area contributed by atoms with Crippen LogP contribution in [0.25, 0.3) is 0 Å². The summed E-state index contributed by atoms with van der Waals surface area (Å²) in [4.78, 5) is 23.0. The van der Waals surface area contributed by atoms with Gasteiger partial charge in [0.05, 0.1) is 11.4 Å². The monoisotopic (exact) mass is 304 g/mol. The molecule has 0 atom stereocenters. The molecule has 2 heterocycles. The van der Waals surface area contributed by atoms with Crippen molar-refractivity contribution in [3.63, 3.8) is 0 Å². The number of carbonyl (C=O) groups excluding carboxylic acids is 1. The Kier molecular flexibility index (Phi) is 5.40. The summed E-state index contributed by atoms with van der Waals surface area (Å²) in [5, 5.41) is 0. The van der Waals surface area contributed by atoms with Crippen LogP contribution in [-0.2, 0) is 11.3 Å². The third-order valence-corrected chi connectivity index (χ3v) is 4.10. The molecule has 0 radical (unpaired) electrons. The lowest BCUT2D eigenvalue weighted by molar-refractivity contribution is -0.129. The first-order chi connectivity index (χ1) is 10.4. The van der Waals surface area contributed by atoms with E-state index in [2.05, 4.69) is 49.9 Å². The van der Waals surface area contributed by atoms with E-state index in [-0.39, 0.29) is 5.91 Å². The molecule has 5 nitrogen and oxygen atoms in total. The highest BCUT2D eigenvalue weighted by Crippen LogP contribution is 2.24. The second kappa shape index (κ2) is 7.09. The Morgan fingerprint density at radius 1 is 1.23 bits per heavy atom. The van der Waals surface area contributed by atoms with Gasteiger partial charge >= 0.3 is 0 Å². The van der Waals surface area contributed by atoms with Crippen LogP contribution in [0, 0.1) is 0 Å². The van der Waals surface area contributed by atoms with Crippen LogP contribution in [0.2, 0.25) is 0 Å². The largest absolute Gasteiger partial charge is 0.368 e. The Bertz CT molecular complexity index is 527. The van der Waals surface area contributed by atoms with Gasteiger partial charge in [-0.05, 0) is 32.1 Å². The van der Waals surface area contributed by atoms with Gasteiger partial charge in [0.15, 0.2) is 0 Å². The van der Waals surface area contributed by atoms with Gasteiger partial charge in [-0.25, -0.2) is 0 Å². The summed E-state index contributed by atoms with van der Waals surface area (Å²) in [7, 11) is 6.01. The maximum atomic E-state index is 11.9. The van der Waals surface area contributed by atoms with Gasteiger partial charge in [0, 0.05) is 45.3 Å². The number of carbonyl (C=O) groups is 1. The van der Waals surface area contributed by atoms with Crippen LogP contribution < -0.4 is 4.90 Å². The van der Waals surface area contributed by atoms with Crippen molar-refractivity contribution in [1.82, 2.24) is 14.8 Å². The van der Waals surface area contributed by atoms with Gasteiger partial charge in [-0.1, -0.05) is 13.8 Å². The fraction of sp³-hybridized carbons (Fsp3) is 0.647. The molecule has 1 aromatic heterocycles. The number of anilines is 1. The second-order valence-electron chi connectivity index (χ2n) is 6.65. The highest BCUT2D eigenvalue weighted by Gasteiger charge is 2.21. The number of hydrogen-bond donors (Lipinski definition) is 0. The fourth-order valence-electron chi connectivity index (χ4n) is 2.71. The average molecular weight is 304 g/mol. The van der Waals surface area contributed by atoms with Crippen LogP contribution in [0.4, 0.5) is 5.69 Å². The van der Waals surface area contributed by atoms with E-state index in [0.717, 1.165) is 37.6 Å². The van der Waals surface area contributed by atoms with E-state index < -0.39 is 0 Å². The molecule has 122 valence electrons. The molecule has 1 aliphatic rings. The van der Waals surface area contributed by atoms with Crippen molar-refractivity contribution >= 4 is 11.6 Å². The van der Waals surface area contributed by atoms with E-state index in [4.69, 9.17) is 4.98 Å². The molecule has 0 aromatic carbocycles. The molecule has 22 heavy (non-hydrogen) atoms. The molecule has 1 fully saturated rings. The molecule has 2 rings (SSSR count). The summed E-state index contributed by atoms with van der Waals surface area (Å²) < 4.78 is 0. The summed E-state index contributed by atoms with van der Waals surface area (Å²) in [6, 6.07) is 4.30. The van der Waals surface area contributed by atoms with Crippen LogP contribution in [0.3, 0.4) is 0 Å². The van der Waals surface area contributed by atoms with Crippen LogP contribution in [0.15, 0.2) is 12.1 Å². The van der Waals surface area contributed by atoms with E-state index in [9.17, 15) is 4.79 Å². The zero-order chi connectivity index (χ0) is 16.3. The van der Waals surface area contributed by atoms with E-state index in [1.165, 1.54) is 5.69 Å². The van der Waals surface area contributed by atoms with Crippen molar-refractivity contribution < 1.29 is 4.79 Å². The first-order valence-electron chi connectivity index (χ1n) is 8.02. The standard InChI is InChI=1S/C17H28N4O/c1-13(2)14-6-7-16(15(18-14)12-19(3)4)21-9-8-17(22)20(5)10-11-21/h6-7,13H,8-12H2,1-5H3. The normalized spacial score (nSPS) is 16.6. The van der Waals surface area contributed by atoms with Gasteiger partial charge < -0.3 is 14.7 Å². The predicted octanol–water partition coefficient (Wildman–Crippen LogP) is 1.94. The topological polar surface area (TPSA) is 39.7 Å². The minimum absolute atomic E-state index is 0.225. The van der Waals surface area contributed by atoms with Crippen molar-refractivity contribution in [2.75, 3.05) is 45.7 Å². The number of nitrogens with zero attached hydrogens (tertiary/aromatic N) is 4. The molecule has 0 N–H and O–H groups in total. The van der Waals surface area contributed by atoms with Gasteiger partial charge in [0.2, 0.25) is 5.91 Å². The molecule has 0 unspecified atom stereocenters. The van der Waals surface area contributed by atoms with Crippen molar-refractivity contribution in [2.24, 2.45) is 0 Å². The summed E-state index contributed by atoms with van der Waals surface area (Å²) >= 11 is 0. The number of amides is 1. The van der Waals surface area contributed by atoms with Crippen LogP contribution in [0.1, 0.15) is 37.6 Å². The molecule has 1 saturated heterocycles. The lowest BCUT2D eigenvalue weighted by Gasteiger charge is -2.26. The third kappa shape index (κ3) is 3.97. The maximum absolute atomic E-state index is 11.9. The van der Waals surface area contributed by atoms with Gasteiger partial charge in [0.25, 0.3) is 0 Å². The highest BCUT2D eigenvalue weighted by atomic mass is 16.2. The predicted molar refractivity (Wildman–Crippen MR) is 90.2 cm³/mol. The first kappa shape index (κ1) is 16.7. The van der Waals surface area contributed by atoms with Gasteiger partial charge in [-0.2, -0.15) is 0 Å². The smallest absolute Gasteiger partial charge is 0.224 e. The SMILES string of the molecule is CC(C)c1ccc(N2CCC(=O)N(C)CC2)c(CN(C)C)n1. The molecule has 0 bridgehead atoms. The molecular formula is C17H28N4O. The Morgan fingerprint density at radius 2 is 1.95 bits per heavy atom. The molecule has 0 spiro atoms. The van der Waals surface area contributed by atoms with Crippen molar-refractivity contribution in [1.29, 1.82) is 0 Å². The maximum Gasteiger partial charge on any atom is 0.224 e. The highest BCUT2D eigenvalue weighted by molar-refractivity contribution is 5.77.